The lowest BCUT2D eigenvalue weighted by Gasteiger charge is -2.30. The van der Waals surface area contributed by atoms with Gasteiger partial charge in [0.25, 0.3) is 0 Å². The van der Waals surface area contributed by atoms with Crippen LogP contribution in [0.3, 0.4) is 0 Å². The van der Waals surface area contributed by atoms with Crippen LogP contribution in [-0.2, 0) is 0 Å². The van der Waals surface area contributed by atoms with Crippen LogP contribution in [0.4, 0.5) is 11.4 Å². The highest BCUT2D eigenvalue weighted by Crippen LogP contribution is 2.31. The lowest BCUT2D eigenvalue weighted by Crippen LogP contribution is -2.30. The average Bonchev–Trinajstić information content (AvgIpc) is 2.23. The van der Waals surface area contributed by atoms with Crippen LogP contribution in [-0.4, -0.2) is 13.1 Å². The van der Waals surface area contributed by atoms with E-state index in [1.807, 2.05) is 12.1 Å². The molecule has 0 radical (unpaired) electrons. The molecule has 0 amide bonds. The predicted molar refractivity (Wildman–Crippen MR) is 64.6 cm³/mol. The van der Waals surface area contributed by atoms with Gasteiger partial charge < -0.3 is 10.6 Å². The van der Waals surface area contributed by atoms with E-state index >= 15 is 0 Å². The van der Waals surface area contributed by atoms with Crippen molar-refractivity contribution in [1.82, 2.24) is 0 Å². The molecule has 76 valence electrons. The molecule has 2 N–H and O–H groups in total. The van der Waals surface area contributed by atoms with E-state index < -0.39 is 0 Å². The molecular weight excluding hydrogens is 240 g/mol. The summed E-state index contributed by atoms with van der Waals surface area (Å²) in [6, 6.07) is 6.14. The molecule has 1 aliphatic heterocycles. The fourth-order valence-corrected chi connectivity index (χ4v) is 2.29. The highest BCUT2D eigenvalue weighted by Gasteiger charge is 2.13. The Labute approximate surface area is 93.2 Å². The largest absolute Gasteiger partial charge is 0.396 e. The summed E-state index contributed by atoms with van der Waals surface area (Å²) >= 11 is 3.46. The standard InChI is InChI=1S/C11H15BrN2/c12-9-5-4-6-10(11(9)13)14-7-2-1-3-8-14/h4-6H,1-3,7-8,13H2. The zero-order valence-corrected chi connectivity index (χ0v) is 9.76. The molecule has 0 bridgehead atoms. The number of benzene rings is 1. The molecule has 1 fully saturated rings. The minimum absolute atomic E-state index is 0.870. The van der Waals surface area contributed by atoms with Crippen molar-refractivity contribution in [3.05, 3.63) is 22.7 Å². The van der Waals surface area contributed by atoms with E-state index in [9.17, 15) is 0 Å². The lowest BCUT2D eigenvalue weighted by atomic mass is 10.1. The number of halogens is 1. The zero-order valence-electron chi connectivity index (χ0n) is 8.17. The Morgan fingerprint density at radius 1 is 1.14 bits per heavy atom. The molecule has 1 saturated heterocycles. The van der Waals surface area contributed by atoms with E-state index in [-0.39, 0.29) is 0 Å². The fraction of sp³-hybridized carbons (Fsp3) is 0.455. The van der Waals surface area contributed by atoms with Crippen molar-refractivity contribution in [1.29, 1.82) is 0 Å². The Hall–Kier alpha value is -0.700. The lowest BCUT2D eigenvalue weighted by molar-refractivity contribution is 0.578. The minimum Gasteiger partial charge on any atom is -0.396 e. The summed E-state index contributed by atoms with van der Waals surface area (Å²) in [5, 5.41) is 0. The van der Waals surface area contributed by atoms with Crippen LogP contribution in [0.5, 0.6) is 0 Å². The molecule has 1 heterocycles. The fourth-order valence-electron chi connectivity index (χ4n) is 1.94. The highest BCUT2D eigenvalue weighted by molar-refractivity contribution is 9.10. The topological polar surface area (TPSA) is 29.3 Å². The van der Waals surface area contributed by atoms with Crippen molar-refractivity contribution >= 4 is 27.3 Å². The number of nitrogens with zero attached hydrogens (tertiary/aromatic N) is 1. The molecule has 0 saturated carbocycles. The molecule has 2 nitrogen and oxygen atoms in total. The van der Waals surface area contributed by atoms with Gasteiger partial charge in [-0.15, -0.1) is 0 Å². The number of anilines is 2. The number of para-hydroxylation sites is 1. The predicted octanol–water partition coefficient (Wildman–Crippen LogP) is 3.02. The van der Waals surface area contributed by atoms with Gasteiger partial charge in [-0.05, 0) is 47.3 Å². The van der Waals surface area contributed by atoms with Gasteiger partial charge in [0.15, 0.2) is 0 Å². The second-order valence-electron chi connectivity index (χ2n) is 3.72. The summed E-state index contributed by atoms with van der Waals surface area (Å²) in [6.07, 6.45) is 3.92. The van der Waals surface area contributed by atoms with E-state index in [2.05, 4.69) is 26.9 Å². The number of hydrogen-bond acceptors (Lipinski definition) is 2. The van der Waals surface area contributed by atoms with E-state index in [0.717, 1.165) is 23.2 Å². The normalized spacial score (nSPS) is 17.1. The first-order chi connectivity index (χ1) is 6.79. The Kier molecular flexibility index (Phi) is 2.96. The van der Waals surface area contributed by atoms with Crippen molar-refractivity contribution in [3.63, 3.8) is 0 Å². The molecule has 0 spiro atoms. The summed E-state index contributed by atoms with van der Waals surface area (Å²) in [4.78, 5) is 2.38. The van der Waals surface area contributed by atoms with Crippen molar-refractivity contribution < 1.29 is 0 Å². The molecule has 14 heavy (non-hydrogen) atoms. The third-order valence-electron chi connectivity index (χ3n) is 2.73. The van der Waals surface area contributed by atoms with Crippen LogP contribution in [0.15, 0.2) is 22.7 Å². The third kappa shape index (κ3) is 1.87. The first-order valence-electron chi connectivity index (χ1n) is 5.08. The first-order valence-corrected chi connectivity index (χ1v) is 5.87. The van der Waals surface area contributed by atoms with Gasteiger partial charge in [0.05, 0.1) is 11.4 Å². The minimum atomic E-state index is 0.870. The summed E-state index contributed by atoms with van der Waals surface area (Å²) in [5.41, 5.74) is 8.07. The highest BCUT2D eigenvalue weighted by atomic mass is 79.9. The number of nitrogen functional groups attached to an aromatic ring is 1. The summed E-state index contributed by atoms with van der Waals surface area (Å²) in [7, 11) is 0. The van der Waals surface area contributed by atoms with Crippen molar-refractivity contribution in [2.45, 2.75) is 19.3 Å². The van der Waals surface area contributed by atoms with Gasteiger partial charge in [-0.3, -0.25) is 0 Å². The van der Waals surface area contributed by atoms with Crippen molar-refractivity contribution in [3.8, 4) is 0 Å². The smallest absolute Gasteiger partial charge is 0.0696 e. The number of hydrogen-bond donors (Lipinski definition) is 1. The average molecular weight is 255 g/mol. The molecule has 0 unspecified atom stereocenters. The Morgan fingerprint density at radius 3 is 2.57 bits per heavy atom. The van der Waals surface area contributed by atoms with Crippen molar-refractivity contribution in [2.24, 2.45) is 0 Å². The third-order valence-corrected chi connectivity index (χ3v) is 3.42. The molecule has 0 aliphatic carbocycles. The van der Waals surface area contributed by atoms with Gasteiger partial charge in [0.1, 0.15) is 0 Å². The monoisotopic (exact) mass is 254 g/mol. The first kappa shape index (κ1) is 9.84. The molecule has 3 heteroatoms. The quantitative estimate of drug-likeness (QED) is 0.781. The maximum Gasteiger partial charge on any atom is 0.0696 e. The zero-order chi connectivity index (χ0) is 9.97. The number of piperidine rings is 1. The molecule has 1 aromatic carbocycles. The second kappa shape index (κ2) is 4.22. The molecule has 0 aromatic heterocycles. The SMILES string of the molecule is Nc1c(Br)cccc1N1CCCCC1. The van der Waals surface area contributed by atoms with Gasteiger partial charge in [0.2, 0.25) is 0 Å². The Morgan fingerprint density at radius 2 is 1.86 bits per heavy atom. The summed E-state index contributed by atoms with van der Waals surface area (Å²) < 4.78 is 1.00. The summed E-state index contributed by atoms with van der Waals surface area (Å²) in [6.45, 7) is 2.28. The molecule has 1 aromatic rings. The molecule has 1 aliphatic rings. The molecular formula is C11H15BrN2. The van der Waals surface area contributed by atoms with Gasteiger partial charge in [-0.1, -0.05) is 6.07 Å². The van der Waals surface area contributed by atoms with Crippen LogP contribution < -0.4 is 10.6 Å². The maximum absolute atomic E-state index is 6.02. The van der Waals surface area contributed by atoms with Crippen LogP contribution >= 0.6 is 15.9 Å². The van der Waals surface area contributed by atoms with Crippen LogP contribution in [0.25, 0.3) is 0 Å². The second-order valence-corrected chi connectivity index (χ2v) is 4.57. The Bertz CT molecular complexity index is 319. The number of nitrogens with two attached hydrogens (primary N) is 1. The van der Waals surface area contributed by atoms with Crippen LogP contribution in [0, 0.1) is 0 Å². The number of rotatable bonds is 1. The van der Waals surface area contributed by atoms with Gasteiger partial charge >= 0.3 is 0 Å². The van der Waals surface area contributed by atoms with Crippen LogP contribution in [0.2, 0.25) is 0 Å². The Balaban J connectivity index is 2.26. The van der Waals surface area contributed by atoms with Crippen LogP contribution in [0.1, 0.15) is 19.3 Å². The van der Waals surface area contributed by atoms with E-state index in [1.54, 1.807) is 0 Å². The molecule has 2 rings (SSSR count). The summed E-state index contributed by atoms with van der Waals surface area (Å²) in [5.74, 6) is 0. The van der Waals surface area contributed by atoms with Gasteiger partial charge in [-0.25, -0.2) is 0 Å². The van der Waals surface area contributed by atoms with E-state index in [1.165, 1.54) is 24.9 Å². The van der Waals surface area contributed by atoms with Gasteiger partial charge in [0, 0.05) is 17.6 Å². The molecule has 0 atom stereocenters. The van der Waals surface area contributed by atoms with Gasteiger partial charge in [-0.2, -0.15) is 0 Å². The van der Waals surface area contributed by atoms with E-state index in [0.29, 0.717) is 0 Å². The maximum atomic E-state index is 6.02. The van der Waals surface area contributed by atoms with E-state index in [4.69, 9.17) is 5.73 Å². The van der Waals surface area contributed by atoms with Crippen molar-refractivity contribution in [2.75, 3.05) is 23.7 Å².